The van der Waals surface area contributed by atoms with E-state index < -0.39 is 5.91 Å². The fraction of sp³-hybridized carbons (Fsp3) is 0.300. The molecule has 1 amide bonds. The fourth-order valence-electron chi connectivity index (χ4n) is 1.21. The predicted molar refractivity (Wildman–Crippen MR) is 69.0 cm³/mol. The second-order valence-corrected chi connectivity index (χ2v) is 5.01. The van der Waals surface area contributed by atoms with Crippen molar-refractivity contribution in [3.63, 3.8) is 0 Å². The molecule has 1 N–H and O–H groups in total. The van der Waals surface area contributed by atoms with E-state index >= 15 is 0 Å². The number of aromatic nitrogens is 4. The quantitative estimate of drug-likeness (QED) is 0.935. The molecule has 0 fully saturated rings. The summed E-state index contributed by atoms with van der Waals surface area (Å²) in [5.41, 5.74) is 0.156. The molecule has 0 saturated carbocycles. The van der Waals surface area contributed by atoms with Gasteiger partial charge in [0, 0.05) is 17.5 Å². The van der Waals surface area contributed by atoms with Gasteiger partial charge in [0.1, 0.15) is 10.8 Å². The van der Waals surface area contributed by atoms with Gasteiger partial charge < -0.3 is 5.32 Å². The summed E-state index contributed by atoms with van der Waals surface area (Å²) < 4.78 is 3.65. The molecule has 0 radical (unpaired) electrons. The lowest BCUT2D eigenvalue weighted by molar-refractivity contribution is 0.102. The van der Waals surface area contributed by atoms with Gasteiger partial charge >= 0.3 is 0 Å². The summed E-state index contributed by atoms with van der Waals surface area (Å²) in [5, 5.41) is 7.01. The van der Waals surface area contributed by atoms with E-state index in [4.69, 9.17) is 11.6 Å². The second-order valence-electron chi connectivity index (χ2n) is 3.82. The zero-order chi connectivity index (χ0) is 13.1. The Labute approximate surface area is 113 Å². The molecule has 0 spiro atoms. The van der Waals surface area contributed by atoms with Crippen LogP contribution < -0.4 is 5.32 Å². The van der Waals surface area contributed by atoms with Gasteiger partial charge in [-0.3, -0.25) is 4.79 Å². The van der Waals surface area contributed by atoms with Crippen molar-refractivity contribution in [2.75, 3.05) is 5.32 Å². The van der Waals surface area contributed by atoms with Crippen molar-refractivity contribution >= 4 is 34.0 Å². The Morgan fingerprint density at radius 3 is 2.83 bits per heavy atom. The Bertz CT molecular complexity index is 557. The van der Waals surface area contributed by atoms with Gasteiger partial charge in [-0.15, -0.1) is 5.10 Å². The molecule has 18 heavy (non-hydrogen) atoms. The molecule has 0 atom stereocenters. The zero-order valence-electron chi connectivity index (χ0n) is 9.72. The summed E-state index contributed by atoms with van der Waals surface area (Å²) in [6.07, 6.45) is 2.89. The van der Waals surface area contributed by atoms with E-state index in [0.717, 1.165) is 11.5 Å². The number of anilines is 1. The molecular formula is C10H10ClN5OS. The van der Waals surface area contributed by atoms with Crippen LogP contribution >= 0.6 is 23.1 Å². The van der Waals surface area contributed by atoms with E-state index in [-0.39, 0.29) is 16.6 Å². The Balaban J connectivity index is 2.26. The van der Waals surface area contributed by atoms with Crippen LogP contribution in [-0.2, 0) is 0 Å². The van der Waals surface area contributed by atoms with Crippen LogP contribution in [0.1, 0.15) is 36.1 Å². The molecule has 2 heterocycles. The molecule has 0 bridgehead atoms. The van der Waals surface area contributed by atoms with Crippen LogP contribution in [0.15, 0.2) is 12.4 Å². The normalized spacial score (nSPS) is 10.7. The van der Waals surface area contributed by atoms with Gasteiger partial charge in [-0.25, -0.2) is 9.97 Å². The first-order valence-corrected chi connectivity index (χ1v) is 6.34. The SMILES string of the molecule is CC(C)c1ncc(Cl)c(C(=O)Nc2cnns2)n1. The van der Waals surface area contributed by atoms with E-state index in [1.54, 1.807) is 0 Å². The van der Waals surface area contributed by atoms with Gasteiger partial charge in [-0.1, -0.05) is 29.9 Å². The molecule has 0 aromatic carbocycles. The van der Waals surface area contributed by atoms with Crippen molar-refractivity contribution in [3.8, 4) is 0 Å². The third-order valence-corrected chi connectivity index (χ3v) is 2.95. The van der Waals surface area contributed by atoms with Crippen LogP contribution in [0.3, 0.4) is 0 Å². The first-order valence-electron chi connectivity index (χ1n) is 5.19. The standard InChI is InChI=1S/C10H10ClN5OS/c1-5(2)9-12-3-6(11)8(15-9)10(17)14-7-4-13-16-18-7/h3-5H,1-2H3,(H,14,17). The molecule has 0 saturated heterocycles. The highest BCUT2D eigenvalue weighted by molar-refractivity contribution is 7.10. The van der Waals surface area contributed by atoms with Gasteiger partial charge in [0.15, 0.2) is 5.69 Å². The average molecular weight is 284 g/mol. The van der Waals surface area contributed by atoms with Crippen molar-refractivity contribution in [1.29, 1.82) is 0 Å². The van der Waals surface area contributed by atoms with Crippen LogP contribution in [0, 0.1) is 0 Å². The van der Waals surface area contributed by atoms with E-state index in [1.165, 1.54) is 12.4 Å². The highest BCUT2D eigenvalue weighted by Gasteiger charge is 2.16. The maximum atomic E-state index is 12.0. The number of amides is 1. The molecule has 0 unspecified atom stereocenters. The fourth-order valence-corrected chi connectivity index (χ4v) is 1.80. The maximum absolute atomic E-state index is 12.0. The number of halogens is 1. The van der Waals surface area contributed by atoms with Gasteiger partial charge in [0.05, 0.1) is 17.4 Å². The number of hydrogen-bond acceptors (Lipinski definition) is 6. The Hall–Kier alpha value is -1.60. The number of nitrogens with zero attached hydrogens (tertiary/aromatic N) is 4. The summed E-state index contributed by atoms with van der Waals surface area (Å²) in [7, 11) is 0. The summed E-state index contributed by atoms with van der Waals surface area (Å²) in [6.45, 7) is 3.88. The second kappa shape index (κ2) is 5.36. The third kappa shape index (κ3) is 2.80. The Morgan fingerprint density at radius 2 is 2.22 bits per heavy atom. The Kier molecular flexibility index (Phi) is 3.83. The van der Waals surface area contributed by atoms with Crippen LogP contribution in [0.2, 0.25) is 5.02 Å². The number of carbonyl (C=O) groups excluding carboxylic acids is 1. The van der Waals surface area contributed by atoms with Crippen molar-refractivity contribution in [1.82, 2.24) is 19.6 Å². The van der Waals surface area contributed by atoms with Crippen molar-refractivity contribution < 1.29 is 4.79 Å². The molecule has 2 aromatic rings. The van der Waals surface area contributed by atoms with Crippen LogP contribution in [0.25, 0.3) is 0 Å². The lowest BCUT2D eigenvalue weighted by atomic mass is 10.2. The van der Waals surface area contributed by atoms with Gasteiger partial charge in [0.25, 0.3) is 5.91 Å². The first kappa shape index (κ1) is 12.8. The number of carbonyl (C=O) groups is 1. The smallest absolute Gasteiger partial charge is 0.276 e. The van der Waals surface area contributed by atoms with Gasteiger partial charge in [0.2, 0.25) is 0 Å². The molecule has 2 rings (SSSR count). The predicted octanol–water partition coefficient (Wildman–Crippen LogP) is 2.36. The van der Waals surface area contributed by atoms with Crippen molar-refractivity contribution in [2.45, 2.75) is 19.8 Å². The monoisotopic (exact) mass is 283 g/mol. The highest BCUT2D eigenvalue weighted by Crippen LogP contribution is 2.18. The summed E-state index contributed by atoms with van der Waals surface area (Å²) >= 11 is 7.00. The minimum absolute atomic E-state index is 0.124. The lowest BCUT2D eigenvalue weighted by Crippen LogP contribution is -2.15. The molecule has 0 aliphatic rings. The number of nitrogens with one attached hydrogen (secondary N) is 1. The molecular weight excluding hydrogens is 274 g/mol. The maximum Gasteiger partial charge on any atom is 0.276 e. The number of rotatable bonds is 3. The van der Waals surface area contributed by atoms with E-state index in [2.05, 4.69) is 24.9 Å². The molecule has 0 aliphatic heterocycles. The third-order valence-electron chi connectivity index (χ3n) is 2.09. The average Bonchev–Trinajstić information content (AvgIpc) is 2.81. The van der Waals surface area contributed by atoms with Gasteiger partial charge in [-0.2, -0.15) is 0 Å². The molecule has 8 heteroatoms. The first-order chi connectivity index (χ1) is 8.58. The van der Waals surface area contributed by atoms with Crippen LogP contribution in [-0.4, -0.2) is 25.5 Å². The minimum Gasteiger partial charge on any atom is -0.310 e. The highest BCUT2D eigenvalue weighted by atomic mass is 35.5. The molecule has 6 nitrogen and oxygen atoms in total. The largest absolute Gasteiger partial charge is 0.310 e. The van der Waals surface area contributed by atoms with Gasteiger partial charge in [-0.05, 0) is 0 Å². The van der Waals surface area contributed by atoms with Crippen molar-refractivity contribution in [3.05, 3.63) is 28.9 Å². The van der Waals surface area contributed by atoms with E-state index in [1.807, 2.05) is 13.8 Å². The Morgan fingerprint density at radius 1 is 1.44 bits per heavy atom. The van der Waals surface area contributed by atoms with Crippen LogP contribution in [0.4, 0.5) is 5.00 Å². The minimum atomic E-state index is -0.393. The number of hydrogen-bond donors (Lipinski definition) is 1. The van der Waals surface area contributed by atoms with E-state index in [0.29, 0.717) is 10.8 Å². The molecule has 0 aliphatic carbocycles. The van der Waals surface area contributed by atoms with Crippen LogP contribution in [0.5, 0.6) is 0 Å². The summed E-state index contributed by atoms with van der Waals surface area (Å²) in [4.78, 5) is 20.2. The summed E-state index contributed by atoms with van der Waals surface area (Å²) in [5.74, 6) is 0.307. The zero-order valence-corrected chi connectivity index (χ0v) is 11.3. The topological polar surface area (TPSA) is 80.7 Å². The summed E-state index contributed by atoms with van der Waals surface area (Å²) in [6, 6.07) is 0. The lowest BCUT2D eigenvalue weighted by Gasteiger charge is -2.07. The van der Waals surface area contributed by atoms with Crippen molar-refractivity contribution in [2.24, 2.45) is 0 Å². The molecule has 94 valence electrons. The molecule has 2 aromatic heterocycles. The van der Waals surface area contributed by atoms with E-state index in [9.17, 15) is 4.79 Å².